The molecule has 1 aliphatic rings. The van der Waals surface area contributed by atoms with Crippen LogP contribution in [0, 0.1) is 11.8 Å². The van der Waals surface area contributed by atoms with Crippen LogP contribution in [0.5, 0.6) is 0 Å². The third-order valence-electron chi connectivity index (χ3n) is 3.40. The summed E-state index contributed by atoms with van der Waals surface area (Å²) in [7, 11) is 0. The van der Waals surface area contributed by atoms with E-state index in [4.69, 9.17) is 4.74 Å². The zero-order valence-electron chi connectivity index (χ0n) is 12.1. The molecule has 0 aliphatic heterocycles. The van der Waals surface area contributed by atoms with Gasteiger partial charge in [0.2, 0.25) is 0 Å². The highest BCUT2D eigenvalue weighted by Gasteiger charge is 2.30. The molecule has 0 spiro atoms. The molecule has 5 heteroatoms. The first kappa shape index (κ1) is 15.8. The SMILES string of the molecule is CC(C)(C)OC(=O)NCC(C(=O)O)C1CCCCC1. The molecule has 1 rings (SSSR count). The molecule has 1 atom stereocenters. The zero-order chi connectivity index (χ0) is 14.5. The van der Waals surface area contributed by atoms with Gasteiger partial charge in [-0.2, -0.15) is 0 Å². The van der Waals surface area contributed by atoms with Crippen molar-refractivity contribution in [1.82, 2.24) is 5.32 Å². The maximum absolute atomic E-state index is 11.5. The van der Waals surface area contributed by atoms with Crippen molar-refractivity contribution in [3.8, 4) is 0 Å². The van der Waals surface area contributed by atoms with Crippen LogP contribution in [0.3, 0.4) is 0 Å². The number of carbonyl (C=O) groups excluding carboxylic acids is 1. The smallest absolute Gasteiger partial charge is 0.407 e. The second kappa shape index (κ2) is 6.78. The molecule has 0 radical (unpaired) electrons. The van der Waals surface area contributed by atoms with Crippen LogP contribution in [0.4, 0.5) is 4.79 Å². The van der Waals surface area contributed by atoms with Crippen molar-refractivity contribution in [1.29, 1.82) is 0 Å². The average Bonchev–Trinajstić information content (AvgIpc) is 2.27. The highest BCUT2D eigenvalue weighted by Crippen LogP contribution is 2.30. The number of hydrogen-bond acceptors (Lipinski definition) is 3. The van der Waals surface area contributed by atoms with Gasteiger partial charge in [0.25, 0.3) is 0 Å². The average molecular weight is 271 g/mol. The molecule has 110 valence electrons. The minimum atomic E-state index is -0.831. The molecule has 5 nitrogen and oxygen atoms in total. The predicted octanol–water partition coefficient (Wildman–Crippen LogP) is 2.79. The Labute approximate surface area is 114 Å². The summed E-state index contributed by atoms with van der Waals surface area (Å²) in [6, 6.07) is 0. The number of carbonyl (C=O) groups is 2. The highest BCUT2D eigenvalue weighted by atomic mass is 16.6. The van der Waals surface area contributed by atoms with Crippen molar-refractivity contribution < 1.29 is 19.4 Å². The topological polar surface area (TPSA) is 75.6 Å². The molecule has 0 saturated heterocycles. The number of amides is 1. The fourth-order valence-corrected chi connectivity index (χ4v) is 2.50. The van der Waals surface area contributed by atoms with Gasteiger partial charge in [0, 0.05) is 6.54 Å². The number of hydrogen-bond donors (Lipinski definition) is 2. The zero-order valence-corrected chi connectivity index (χ0v) is 12.1. The number of rotatable bonds is 4. The van der Waals surface area contributed by atoms with Gasteiger partial charge in [0.05, 0.1) is 5.92 Å². The number of carboxylic acids is 1. The lowest BCUT2D eigenvalue weighted by Gasteiger charge is -2.28. The Morgan fingerprint density at radius 1 is 1.26 bits per heavy atom. The molecular formula is C14H25NO4. The molecule has 1 saturated carbocycles. The number of carboxylic acid groups (broad SMARTS) is 1. The molecule has 2 N–H and O–H groups in total. The summed E-state index contributed by atoms with van der Waals surface area (Å²) in [6.45, 7) is 5.49. The van der Waals surface area contributed by atoms with Crippen molar-refractivity contribution in [2.45, 2.75) is 58.5 Å². The van der Waals surface area contributed by atoms with E-state index in [-0.39, 0.29) is 12.5 Å². The molecule has 0 aromatic carbocycles. The van der Waals surface area contributed by atoms with E-state index in [0.29, 0.717) is 0 Å². The van der Waals surface area contributed by atoms with E-state index in [1.807, 2.05) is 0 Å². The van der Waals surface area contributed by atoms with E-state index in [1.165, 1.54) is 6.42 Å². The minimum Gasteiger partial charge on any atom is -0.481 e. The van der Waals surface area contributed by atoms with E-state index < -0.39 is 23.6 Å². The Morgan fingerprint density at radius 2 is 1.84 bits per heavy atom. The Bertz CT molecular complexity index is 316. The maximum atomic E-state index is 11.5. The first-order chi connectivity index (χ1) is 8.79. The van der Waals surface area contributed by atoms with Gasteiger partial charge in [0.1, 0.15) is 5.60 Å². The van der Waals surface area contributed by atoms with Gasteiger partial charge in [-0.05, 0) is 39.5 Å². The Hall–Kier alpha value is -1.26. The number of alkyl carbamates (subject to hydrolysis) is 1. The van der Waals surface area contributed by atoms with Gasteiger partial charge in [-0.3, -0.25) is 4.79 Å². The molecule has 1 fully saturated rings. The van der Waals surface area contributed by atoms with Crippen LogP contribution in [0.25, 0.3) is 0 Å². The summed E-state index contributed by atoms with van der Waals surface area (Å²) in [5, 5.41) is 11.9. The normalized spacial score (nSPS) is 18.7. The molecule has 19 heavy (non-hydrogen) atoms. The Kier molecular flexibility index (Phi) is 5.63. The van der Waals surface area contributed by atoms with Gasteiger partial charge in [0.15, 0.2) is 0 Å². The molecule has 1 unspecified atom stereocenters. The summed E-state index contributed by atoms with van der Waals surface area (Å²) in [5.74, 6) is -1.17. The fraction of sp³-hybridized carbons (Fsp3) is 0.857. The van der Waals surface area contributed by atoms with Crippen molar-refractivity contribution >= 4 is 12.1 Å². The third kappa shape index (κ3) is 5.94. The second-order valence-electron chi connectivity index (χ2n) is 6.23. The summed E-state index contributed by atoms with van der Waals surface area (Å²) < 4.78 is 5.11. The third-order valence-corrected chi connectivity index (χ3v) is 3.40. The Morgan fingerprint density at radius 3 is 2.32 bits per heavy atom. The molecule has 0 aromatic heterocycles. The van der Waals surface area contributed by atoms with E-state index in [1.54, 1.807) is 20.8 Å². The van der Waals surface area contributed by atoms with Crippen LogP contribution in [-0.2, 0) is 9.53 Å². The minimum absolute atomic E-state index is 0.148. The molecule has 1 aliphatic carbocycles. The molecule has 0 bridgehead atoms. The summed E-state index contributed by atoms with van der Waals surface area (Å²) in [4.78, 5) is 22.8. The largest absolute Gasteiger partial charge is 0.481 e. The number of nitrogens with one attached hydrogen (secondary N) is 1. The summed E-state index contributed by atoms with van der Waals surface area (Å²) in [6.07, 6.45) is 4.68. The van der Waals surface area contributed by atoms with Crippen LogP contribution in [-0.4, -0.2) is 29.3 Å². The van der Waals surface area contributed by atoms with Gasteiger partial charge in [-0.15, -0.1) is 0 Å². The first-order valence-electron chi connectivity index (χ1n) is 6.99. The van der Waals surface area contributed by atoms with E-state index in [0.717, 1.165) is 25.7 Å². The summed E-state index contributed by atoms with van der Waals surface area (Å²) >= 11 is 0. The van der Waals surface area contributed by atoms with Crippen LogP contribution in [0.15, 0.2) is 0 Å². The van der Waals surface area contributed by atoms with Crippen LogP contribution < -0.4 is 5.32 Å². The number of aliphatic carboxylic acids is 1. The van der Waals surface area contributed by atoms with Gasteiger partial charge >= 0.3 is 12.1 Å². The quantitative estimate of drug-likeness (QED) is 0.824. The lowest BCUT2D eigenvalue weighted by molar-refractivity contribution is -0.143. The molecule has 0 heterocycles. The van der Waals surface area contributed by atoms with Gasteiger partial charge < -0.3 is 15.2 Å². The number of ether oxygens (including phenoxy) is 1. The lowest BCUT2D eigenvalue weighted by atomic mass is 9.80. The standard InChI is InChI=1S/C14H25NO4/c1-14(2,3)19-13(18)15-9-11(12(16)17)10-7-5-4-6-8-10/h10-11H,4-9H2,1-3H3,(H,15,18)(H,16,17). The predicted molar refractivity (Wildman–Crippen MR) is 71.9 cm³/mol. The monoisotopic (exact) mass is 271 g/mol. The molecule has 1 amide bonds. The van der Waals surface area contributed by atoms with Crippen molar-refractivity contribution in [2.75, 3.05) is 6.54 Å². The van der Waals surface area contributed by atoms with Crippen molar-refractivity contribution in [3.05, 3.63) is 0 Å². The van der Waals surface area contributed by atoms with E-state index in [2.05, 4.69) is 5.32 Å². The van der Waals surface area contributed by atoms with Crippen LogP contribution >= 0.6 is 0 Å². The second-order valence-corrected chi connectivity index (χ2v) is 6.23. The van der Waals surface area contributed by atoms with Crippen molar-refractivity contribution in [3.63, 3.8) is 0 Å². The van der Waals surface area contributed by atoms with E-state index in [9.17, 15) is 14.7 Å². The van der Waals surface area contributed by atoms with Gasteiger partial charge in [-0.1, -0.05) is 19.3 Å². The van der Waals surface area contributed by atoms with Crippen LogP contribution in [0.1, 0.15) is 52.9 Å². The van der Waals surface area contributed by atoms with Crippen LogP contribution in [0.2, 0.25) is 0 Å². The maximum Gasteiger partial charge on any atom is 0.407 e. The first-order valence-corrected chi connectivity index (χ1v) is 6.99. The van der Waals surface area contributed by atoms with Gasteiger partial charge in [-0.25, -0.2) is 4.79 Å². The van der Waals surface area contributed by atoms with E-state index >= 15 is 0 Å². The highest BCUT2D eigenvalue weighted by molar-refractivity contribution is 5.73. The molecular weight excluding hydrogens is 246 g/mol. The fourth-order valence-electron chi connectivity index (χ4n) is 2.50. The van der Waals surface area contributed by atoms with Crippen molar-refractivity contribution in [2.24, 2.45) is 11.8 Å². The lowest BCUT2D eigenvalue weighted by Crippen LogP contribution is -2.40. The Balaban J connectivity index is 2.45. The molecule has 0 aromatic rings. The summed E-state index contributed by atoms with van der Waals surface area (Å²) in [5.41, 5.74) is -0.562.